The zero-order valence-electron chi connectivity index (χ0n) is 16.0. The number of aromatic nitrogens is 2. The Morgan fingerprint density at radius 3 is 2.29 bits per heavy atom. The van der Waals surface area contributed by atoms with Gasteiger partial charge in [0, 0.05) is 37.9 Å². The molecule has 1 aliphatic heterocycles. The van der Waals surface area contributed by atoms with Gasteiger partial charge in [0.05, 0.1) is 17.3 Å². The number of piperazine rings is 1. The quantitative estimate of drug-likeness (QED) is 0.846. The highest BCUT2D eigenvalue weighted by Gasteiger charge is 2.43. The summed E-state index contributed by atoms with van der Waals surface area (Å²) in [4.78, 5) is 16.2. The van der Waals surface area contributed by atoms with Crippen LogP contribution in [-0.4, -0.2) is 51.9 Å². The molecule has 0 unspecified atom stereocenters. The van der Waals surface area contributed by atoms with E-state index in [1.165, 1.54) is 4.90 Å². The van der Waals surface area contributed by atoms with Crippen LogP contribution in [0.15, 0.2) is 30.5 Å². The normalized spacial score (nSPS) is 15.8. The van der Waals surface area contributed by atoms with Crippen molar-refractivity contribution in [2.75, 3.05) is 31.1 Å². The third-order valence-corrected chi connectivity index (χ3v) is 4.67. The molecule has 0 aliphatic carbocycles. The molecule has 1 fully saturated rings. The number of amides is 1. The van der Waals surface area contributed by atoms with E-state index in [2.05, 4.69) is 5.10 Å². The highest BCUT2D eigenvalue weighted by atomic mass is 19.4. The molecule has 1 saturated heterocycles. The average molecular weight is 396 g/mol. The number of hydrogen-bond donors (Lipinski definition) is 1. The first-order valence-corrected chi connectivity index (χ1v) is 8.97. The van der Waals surface area contributed by atoms with Gasteiger partial charge in [-0.1, -0.05) is 6.07 Å². The van der Waals surface area contributed by atoms with E-state index >= 15 is 0 Å². The number of rotatable bonds is 2. The second-order valence-corrected chi connectivity index (χ2v) is 7.79. The predicted molar refractivity (Wildman–Crippen MR) is 98.4 cm³/mol. The fourth-order valence-corrected chi connectivity index (χ4v) is 3.31. The summed E-state index contributed by atoms with van der Waals surface area (Å²) in [5.41, 5.74) is -1.53. The Labute approximate surface area is 161 Å². The zero-order chi connectivity index (χ0) is 20.7. The SMILES string of the molecule is CC(C)(C)n1ncc(C(=O)N2CCN(c3cccc(O)c3)CC2)c1C(F)(F)F. The van der Waals surface area contributed by atoms with Crippen LogP contribution in [0.4, 0.5) is 18.9 Å². The van der Waals surface area contributed by atoms with Crippen LogP contribution < -0.4 is 4.90 Å². The van der Waals surface area contributed by atoms with Crippen molar-refractivity contribution in [2.45, 2.75) is 32.5 Å². The predicted octanol–water partition coefficient (Wildman–Crippen LogP) is 3.32. The molecule has 28 heavy (non-hydrogen) atoms. The Kier molecular flexibility index (Phi) is 5.03. The van der Waals surface area contributed by atoms with Crippen LogP contribution in [0.25, 0.3) is 0 Å². The number of carbonyl (C=O) groups is 1. The first-order chi connectivity index (χ1) is 13.0. The number of carbonyl (C=O) groups excluding carboxylic acids is 1. The molecule has 0 bridgehead atoms. The number of anilines is 1. The number of benzene rings is 1. The number of hydrogen-bond acceptors (Lipinski definition) is 4. The molecular weight excluding hydrogens is 373 g/mol. The van der Waals surface area contributed by atoms with Crippen molar-refractivity contribution in [3.8, 4) is 5.75 Å². The van der Waals surface area contributed by atoms with Crippen molar-refractivity contribution in [2.24, 2.45) is 0 Å². The summed E-state index contributed by atoms with van der Waals surface area (Å²) < 4.78 is 41.8. The Hall–Kier alpha value is -2.71. The van der Waals surface area contributed by atoms with Crippen LogP contribution in [0.5, 0.6) is 5.75 Å². The summed E-state index contributed by atoms with van der Waals surface area (Å²) in [7, 11) is 0. The molecule has 1 N–H and O–H groups in total. The number of phenols is 1. The van der Waals surface area contributed by atoms with Gasteiger partial charge < -0.3 is 14.9 Å². The molecule has 6 nitrogen and oxygen atoms in total. The van der Waals surface area contributed by atoms with Gasteiger partial charge in [-0.2, -0.15) is 18.3 Å². The average Bonchev–Trinajstić information content (AvgIpc) is 3.07. The maximum Gasteiger partial charge on any atom is 0.433 e. The van der Waals surface area contributed by atoms with Crippen molar-refractivity contribution in [3.63, 3.8) is 0 Å². The van der Waals surface area contributed by atoms with Crippen molar-refractivity contribution in [1.29, 1.82) is 0 Å². The number of phenolic OH excluding ortho intramolecular Hbond substituents is 1. The van der Waals surface area contributed by atoms with Crippen LogP contribution in [0.2, 0.25) is 0 Å². The largest absolute Gasteiger partial charge is 0.508 e. The molecule has 2 heterocycles. The first kappa shape index (κ1) is 20.0. The fraction of sp³-hybridized carbons (Fsp3) is 0.474. The Bertz CT molecular complexity index is 863. The highest BCUT2D eigenvalue weighted by Crippen LogP contribution is 2.35. The maximum absolute atomic E-state index is 13.7. The molecule has 0 spiro atoms. The van der Waals surface area contributed by atoms with Crippen molar-refractivity contribution in [1.82, 2.24) is 14.7 Å². The monoisotopic (exact) mass is 396 g/mol. The fourth-order valence-electron chi connectivity index (χ4n) is 3.31. The van der Waals surface area contributed by atoms with Crippen LogP contribution in [0, 0.1) is 0 Å². The lowest BCUT2D eigenvalue weighted by atomic mass is 10.1. The molecule has 2 aromatic rings. The zero-order valence-corrected chi connectivity index (χ0v) is 16.0. The van der Waals surface area contributed by atoms with Gasteiger partial charge in [0.15, 0.2) is 5.69 Å². The third-order valence-electron chi connectivity index (χ3n) is 4.67. The second-order valence-electron chi connectivity index (χ2n) is 7.79. The van der Waals surface area contributed by atoms with Crippen LogP contribution in [-0.2, 0) is 11.7 Å². The molecule has 152 valence electrons. The van der Waals surface area contributed by atoms with Gasteiger partial charge >= 0.3 is 6.18 Å². The van der Waals surface area contributed by atoms with Crippen LogP contribution in [0.3, 0.4) is 0 Å². The van der Waals surface area contributed by atoms with Gasteiger partial charge in [-0.3, -0.25) is 9.48 Å². The van der Waals surface area contributed by atoms with E-state index in [-0.39, 0.29) is 18.8 Å². The highest BCUT2D eigenvalue weighted by molar-refractivity contribution is 5.95. The van der Waals surface area contributed by atoms with Crippen molar-refractivity contribution < 1.29 is 23.1 Å². The number of alkyl halides is 3. The van der Waals surface area contributed by atoms with E-state index in [9.17, 15) is 23.1 Å². The lowest BCUT2D eigenvalue weighted by molar-refractivity contribution is -0.146. The van der Waals surface area contributed by atoms with E-state index < -0.39 is 28.9 Å². The van der Waals surface area contributed by atoms with E-state index in [0.717, 1.165) is 16.6 Å². The maximum atomic E-state index is 13.7. The Morgan fingerprint density at radius 2 is 1.75 bits per heavy atom. The van der Waals surface area contributed by atoms with Crippen LogP contribution in [0.1, 0.15) is 36.8 Å². The van der Waals surface area contributed by atoms with Crippen molar-refractivity contribution >= 4 is 11.6 Å². The minimum Gasteiger partial charge on any atom is -0.508 e. The molecule has 0 atom stereocenters. The molecule has 9 heteroatoms. The minimum atomic E-state index is -4.68. The summed E-state index contributed by atoms with van der Waals surface area (Å²) in [5, 5.41) is 13.5. The van der Waals surface area contributed by atoms with Crippen LogP contribution >= 0.6 is 0 Å². The molecular formula is C19H23F3N4O2. The Balaban J connectivity index is 1.80. The van der Waals surface area contributed by atoms with Gasteiger partial charge in [0.2, 0.25) is 0 Å². The minimum absolute atomic E-state index is 0.139. The molecule has 0 radical (unpaired) electrons. The molecule has 3 rings (SSSR count). The summed E-state index contributed by atoms with van der Waals surface area (Å²) in [6, 6.07) is 6.74. The van der Waals surface area contributed by atoms with E-state index in [1.807, 2.05) is 11.0 Å². The molecule has 0 saturated carbocycles. The molecule has 1 aliphatic rings. The number of halogens is 3. The summed E-state index contributed by atoms with van der Waals surface area (Å²) >= 11 is 0. The topological polar surface area (TPSA) is 61.6 Å². The smallest absolute Gasteiger partial charge is 0.433 e. The van der Waals surface area contributed by atoms with Gasteiger partial charge in [-0.15, -0.1) is 0 Å². The van der Waals surface area contributed by atoms with Gasteiger partial charge in [0.1, 0.15) is 5.75 Å². The third kappa shape index (κ3) is 3.93. The standard InChI is InChI=1S/C19H23F3N4O2/c1-18(2,3)26-16(19(20,21)22)15(12-23-26)17(28)25-9-7-24(8-10-25)13-5-4-6-14(27)11-13/h4-6,11-12,27H,7-10H2,1-3H3. The summed E-state index contributed by atoms with van der Waals surface area (Å²) in [6.45, 7) is 6.32. The lowest BCUT2D eigenvalue weighted by Gasteiger charge is -2.36. The lowest BCUT2D eigenvalue weighted by Crippen LogP contribution is -2.49. The van der Waals surface area contributed by atoms with E-state index in [1.54, 1.807) is 39.0 Å². The van der Waals surface area contributed by atoms with E-state index in [0.29, 0.717) is 13.1 Å². The van der Waals surface area contributed by atoms with Gasteiger partial charge in [-0.05, 0) is 32.9 Å². The van der Waals surface area contributed by atoms with Crippen molar-refractivity contribution in [3.05, 3.63) is 41.7 Å². The molecule has 1 aromatic carbocycles. The first-order valence-electron chi connectivity index (χ1n) is 8.97. The number of aromatic hydroxyl groups is 1. The molecule has 1 amide bonds. The summed E-state index contributed by atoms with van der Waals surface area (Å²) in [5.74, 6) is -0.529. The van der Waals surface area contributed by atoms with Gasteiger partial charge in [0.25, 0.3) is 5.91 Å². The number of nitrogens with zero attached hydrogens (tertiary/aromatic N) is 4. The molecule has 1 aromatic heterocycles. The van der Waals surface area contributed by atoms with Gasteiger partial charge in [-0.25, -0.2) is 0 Å². The Morgan fingerprint density at radius 1 is 1.11 bits per heavy atom. The van der Waals surface area contributed by atoms with E-state index in [4.69, 9.17) is 0 Å². The second kappa shape index (κ2) is 7.03. The summed E-state index contributed by atoms with van der Waals surface area (Å²) in [6.07, 6.45) is -3.67.